The number of carbonyl (C=O) groups is 1. The molecule has 1 amide bonds. The molecule has 0 spiro atoms. The van der Waals surface area contributed by atoms with Crippen LogP contribution in [0.2, 0.25) is 0 Å². The molecule has 4 N–H and O–H groups in total. The minimum absolute atomic E-state index is 0.289. The van der Waals surface area contributed by atoms with E-state index in [0.29, 0.717) is 37.5 Å². The van der Waals surface area contributed by atoms with Gasteiger partial charge in [0.25, 0.3) is 5.91 Å². The van der Waals surface area contributed by atoms with Gasteiger partial charge in [-0.25, -0.2) is 0 Å². The Morgan fingerprint density at radius 3 is 2.79 bits per heavy atom. The number of methoxy groups -OCH3 is 1. The van der Waals surface area contributed by atoms with Gasteiger partial charge in [-0.2, -0.15) is 5.26 Å². The van der Waals surface area contributed by atoms with Crippen LogP contribution in [0.5, 0.6) is 0 Å². The second kappa shape index (κ2) is 7.24. The molecular weight excluding hydrogens is 244 g/mol. The summed E-state index contributed by atoms with van der Waals surface area (Å²) < 4.78 is 5.03. The van der Waals surface area contributed by atoms with Gasteiger partial charge in [0.2, 0.25) is 0 Å². The molecule has 0 bridgehead atoms. The molecule has 102 valence electrons. The van der Waals surface area contributed by atoms with Gasteiger partial charge in [0.1, 0.15) is 0 Å². The third-order valence-electron chi connectivity index (χ3n) is 2.75. The van der Waals surface area contributed by atoms with Crippen LogP contribution in [0.25, 0.3) is 0 Å². The van der Waals surface area contributed by atoms with Crippen molar-refractivity contribution in [2.45, 2.75) is 6.42 Å². The fourth-order valence-electron chi connectivity index (χ4n) is 1.78. The number of para-hydroxylation sites is 1. The largest absolute Gasteiger partial charge is 0.396 e. The highest BCUT2D eigenvalue weighted by molar-refractivity contribution is 6.00. The van der Waals surface area contributed by atoms with E-state index in [1.54, 1.807) is 25.3 Å². The summed E-state index contributed by atoms with van der Waals surface area (Å²) in [5.74, 6) is -0.564. The highest BCUT2D eigenvalue weighted by Crippen LogP contribution is 2.26. The van der Waals surface area contributed by atoms with Crippen molar-refractivity contribution in [3.05, 3.63) is 23.8 Å². The van der Waals surface area contributed by atoms with Crippen LogP contribution in [-0.4, -0.2) is 32.7 Å². The van der Waals surface area contributed by atoms with Crippen LogP contribution >= 0.6 is 0 Å². The fraction of sp³-hybridized carbons (Fsp3) is 0.385. The van der Waals surface area contributed by atoms with Crippen molar-refractivity contribution < 1.29 is 9.53 Å². The first-order valence-electron chi connectivity index (χ1n) is 5.91. The van der Waals surface area contributed by atoms with Crippen LogP contribution in [0, 0.1) is 11.3 Å². The van der Waals surface area contributed by atoms with Crippen molar-refractivity contribution >= 4 is 17.3 Å². The van der Waals surface area contributed by atoms with E-state index >= 15 is 0 Å². The summed E-state index contributed by atoms with van der Waals surface area (Å²) in [5.41, 5.74) is 12.6. The summed E-state index contributed by atoms with van der Waals surface area (Å²) >= 11 is 0. The van der Waals surface area contributed by atoms with Crippen LogP contribution in [0.4, 0.5) is 11.4 Å². The second-order valence-corrected chi connectivity index (χ2v) is 3.99. The molecule has 0 fully saturated rings. The molecule has 1 aromatic rings. The zero-order valence-corrected chi connectivity index (χ0v) is 10.9. The molecule has 0 saturated carbocycles. The highest BCUT2D eigenvalue weighted by atomic mass is 16.5. The molecule has 19 heavy (non-hydrogen) atoms. The van der Waals surface area contributed by atoms with Gasteiger partial charge in [0.15, 0.2) is 0 Å². The maximum absolute atomic E-state index is 11.3. The fourth-order valence-corrected chi connectivity index (χ4v) is 1.78. The van der Waals surface area contributed by atoms with Crippen LogP contribution < -0.4 is 16.4 Å². The molecular formula is C13H18N4O2. The summed E-state index contributed by atoms with van der Waals surface area (Å²) in [6.45, 7) is 1.61. The van der Waals surface area contributed by atoms with E-state index < -0.39 is 5.91 Å². The van der Waals surface area contributed by atoms with Gasteiger partial charge in [-0.15, -0.1) is 0 Å². The number of nitrogens with two attached hydrogens (primary N) is 2. The third-order valence-corrected chi connectivity index (χ3v) is 2.75. The third kappa shape index (κ3) is 3.86. The Morgan fingerprint density at radius 2 is 2.21 bits per heavy atom. The number of carbonyl (C=O) groups excluding carboxylic acids is 1. The Kier molecular flexibility index (Phi) is 5.64. The number of nitriles is 1. The van der Waals surface area contributed by atoms with Gasteiger partial charge >= 0.3 is 0 Å². The van der Waals surface area contributed by atoms with E-state index in [-0.39, 0.29) is 5.56 Å². The van der Waals surface area contributed by atoms with Crippen molar-refractivity contribution in [2.75, 3.05) is 37.4 Å². The van der Waals surface area contributed by atoms with Crippen LogP contribution in [0.1, 0.15) is 16.8 Å². The summed E-state index contributed by atoms with van der Waals surface area (Å²) in [4.78, 5) is 13.2. The number of hydrogen-bond acceptors (Lipinski definition) is 5. The quantitative estimate of drug-likeness (QED) is 0.705. The Morgan fingerprint density at radius 1 is 1.47 bits per heavy atom. The number of nitrogen functional groups attached to an aromatic ring is 1. The van der Waals surface area contributed by atoms with E-state index in [4.69, 9.17) is 21.5 Å². The van der Waals surface area contributed by atoms with Crippen LogP contribution in [-0.2, 0) is 4.74 Å². The average Bonchev–Trinajstić information content (AvgIpc) is 2.39. The van der Waals surface area contributed by atoms with E-state index in [1.165, 1.54) is 0 Å². The van der Waals surface area contributed by atoms with Gasteiger partial charge < -0.3 is 21.1 Å². The molecule has 6 nitrogen and oxygen atoms in total. The molecule has 0 aliphatic rings. The lowest BCUT2D eigenvalue weighted by atomic mass is 10.1. The molecule has 0 aliphatic heterocycles. The first-order valence-corrected chi connectivity index (χ1v) is 5.91. The zero-order valence-electron chi connectivity index (χ0n) is 10.9. The Balaban J connectivity index is 3.04. The number of anilines is 2. The van der Waals surface area contributed by atoms with E-state index in [2.05, 4.69) is 6.07 Å². The molecule has 0 radical (unpaired) electrons. The van der Waals surface area contributed by atoms with E-state index in [1.807, 2.05) is 4.90 Å². The lowest BCUT2D eigenvalue weighted by Gasteiger charge is -2.25. The lowest BCUT2D eigenvalue weighted by molar-refractivity contribution is 0.100. The van der Waals surface area contributed by atoms with Gasteiger partial charge in [-0.3, -0.25) is 4.79 Å². The number of primary amides is 1. The first-order chi connectivity index (χ1) is 9.11. The predicted molar refractivity (Wildman–Crippen MR) is 73.7 cm³/mol. The van der Waals surface area contributed by atoms with Crippen LogP contribution in [0.15, 0.2) is 18.2 Å². The van der Waals surface area contributed by atoms with Gasteiger partial charge in [0.05, 0.1) is 36.0 Å². The maximum Gasteiger partial charge on any atom is 0.250 e. The summed E-state index contributed by atoms with van der Waals surface area (Å²) in [6, 6.07) is 7.19. The van der Waals surface area contributed by atoms with Crippen molar-refractivity contribution in [3.63, 3.8) is 0 Å². The van der Waals surface area contributed by atoms with Crippen LogP contribution in [0.3, 0.4) is 0 Å². The van der Waals surface area contributed by atoms with E-state index in [9.17, 15) is 4.79 Å². The second-order valence-electron chi connectivity index (χ2n) is 3.99. The molecule has 6 heteroatoms. The number of rotatable bonds is 7. The molecule has 1 rings (SSSR count). The normalized spacial score (nSPS) is 9.89. The predicted octanol–water partition coefficient (Wildman–Crippen LogP) is 0.734. The van der Waals surface area contributed by atoms with Crippen molar-refractivity contribution in [3.8, 4) is 6.07 Å². The number of nitrogens with zero attached hydrogens (tertiary/aromatic N) is 2. The Hall–Kier alpha value is -2.26. The number of benzene rings is 1. The lowest BCUT2D eigenvalue weighted by Crippen LogP contribution is -2.29. The topological polar surface area (TPSA) is 105 Å². The maximum atomic E-state index is 11.3. The highest BCUT2D eigenvalue weighted by Gasteiger charge is 2.14. The Bertz CT molecular complexity index is 482. The Labute approximate surface area is 112 Å². The average molecular weight is 262 g/mol. The molecule has 0 aliphatic carbocycles. The number of ether oxygens (including phenoxy) is 1. The number of amides is 1. The van der Waals surface area contributed by atoms with Gasteiger partial charge in [0, 0.05) is 20.2 Å². The molecule has 1 aromatic carbocycles. The summed E-state index contributed by atoms with van der Waals surface area (Å²) in [5, 5.41) is 8.69. The smallest absolute Gasteiger partial charge is 0.250 e. The van der Waals surface area contributed by atoms with Gasteiger partial charge in [-0.05, 0) is 12.1 Å². The summed E-state index contributed by atoms with van der Waals surface area (Å²) in [6.07, 6.45) is 0.365. The minimum atomic E-state index is -0.564. The molecule has 0 aromatic heterocycles. The summed E-state index contributed by atoms with van der Waals surface area (Å²) in [7, 11) is 1.60. The van der Waals surface area contributed by atoms with Crippen molar-refractivity contribution in [1.29, 1.82) is 5.26 Å². The first kappa shape index (κ1) is 14.8. The standard InChI is InChI=1S/C13H18N4O2/c1-19-9-8-17(7-3-6-14)11-5-2-4-10(12(11)15)13(16)18/h2,4-5H,3,7-9,15H2,1H3,(H2,16,18). The van der Waals surface area contributed by atoms with Crippen molar-refractivity contribution in [1.82, 2.24) is 0 Å². The van der Waals surface area contributed by atoms with Gasteiger partial charge in [-0.1, -0.05) is 6.07 Å². The minimum Gasteiger partial charge on any atom is -0.396 e. The van der Waals surface area contributed by atoms with Crippen molar-refractivity contribution in [2.24, 2.45) is 5.73 Å². The molecule has 0 heterocycles. The molecule has 0 saturated heterocycles. The number of hydrogen-bond donors (Lipinski definition) is 2. The molecule has 0 atom stereocenters. The zero-order chi connectivity index (χ0) is 14.3. The monoisotopic (exact) mass is 262 g/mol. The molecule has 0 unspecified atom stereocenters. The van der Waals surface area contributed by atoms with E-state index in [0.717, 1.165) is 0 Å². The SMILES string of the molecule is COCCN(CCC#N)c1cccc(C(N)=O)c1N.